The molecule has 0 saturated heterocycles. The Morgan fingerprint density at radius 1 is 1.00 bits per heavy atom. The van der Waals surface area contributed by atoms with E-state index in [9.17, 15) is 0 Å². The van der Waals surface area contributed by atoms with Crippen LogP contribution in [0, 0.1) is 13.8 Å². The maximum Gasteiger partial charge on any atom is 0.171 e. The van der Waals surface area contributed by atoms with Crippen molar-refractivity contribution in [2.24, 2.45) is 0 Å². The first kappa shape index (κ1) is 14.5. The van der Waals surface area contributed by atoms with E-state index in [4.69, 9.17) is 12.2 Å². The second-order valence-corrected chi connectivity index (χ2v) is 5.45. The van der Waals surface area contributed by atoms with Gasteiger partial charge >= 0.3 is 0 Å². The fraction of sp³-hybridized carbons (Fsp3) is 0.235. The van der Waals surface area contributed by atoms with Gasteiger partial charge in [-0.15, -0.1) is 0 Å². The summed E-state index contributed by atoms with van der Waals surface area (Å²) in [6.07, 6.45) is 0. The van der Waals surface area contributed by atoms with E-state index in [0.29, 0.717) is 5.11 Å². The maximum atomic E-state index is 5.37. The molecule has 3 heteroatoms. The van der Waals surface area contributed by atoms with E-state index in [1.165, 1.54) is 16.7 Å². The predicted octanol–water partition coefficient (Wildman–Crippen LogP) is 4.35. The summed E-state index contributed by atoms with van der Waals surface area (Å²) in [7, 11) is 0. The number of anilines is 1. The summed E-state index contributed by atoms with van der Waals surface area (Å²) >= 11 is 5.37. The molecule has 0 aliphatic heterocycles. The molecule has 2 rings (SSSR count). The van der Waals surface area contributed by atoms with Crippen molar-refractivity contribution in [2.75, 3.05) is 5.32 Å². The van der Waals surface area contributed by atoms with E-state index >= 15 is 0 Å². The highest BCUT2D eigenvalue weighted by Crippen LogP contribution is 2.17. The molecule has 1 unspecified atom stereocenters. The molecule has 0 aliphatic rings. The first-order chi connectivity index (χ1) is 9.56. The van der Waals surface area contributed by atoms with Crippen LogP contribution in [0.3, 0.4) is 0 Å². The zero-order chi connectivity index (χ0) is 14.5. The van der Waals surface area contributed by atoms with E-state index in [-0.39, 0.29) is 6.04 Å². The molecule has 0 bridgehead atoms. The zero-order valence-corrected chi connectivity index (χ0v) is 12.9. The second kappa shape index (κ2) is 6.53. The molecule has 0 amide bonds. The molecular weight excluding hydrogens is 264 g/mol. The van der Waals surface area contributed by atoms with E-state index in [1.807, 2.05) is 12.1 Å². The standard InChI is InChI=1S/C17H20N2S/c1-12-8-10-15(11-9-12)19-17(20)18-14(3)16-7-5-4-6-13(16)2/h4-11,14H,1-3H3,(H2,18,19,20). The molecule has 20 heavy (non-hydrogen) atoms. The summed E-state index contributed by atoms with van der Waals surface area (Å²) in [5, 5.41) is 7.17. The van der Waals surface area contributed by atoms with E-state index in [1.54, 1.807) is 0 Å². The molecule has 2 N–H and O–H groups in total. The van der Waals surface area contributed by atoms with E-state index in [0.717, 1.165) is 5.69 Å². The van der Waals surface area contributed by atoms with Gasteiger partial charge < -0.3 is 10.6 Å². The molecule has 0 aliphatic carbocycles. The van der Waals surface area contributed by atoms with Gasteiger partial charge in [-0.25, -0.2) is 0 Å². The van der Waals surface area contributed by atoms with Crippen molar-refractivity contribution < 1.29 is 0 Å². The quantitative estimate of drug-likeness (QED) is 0.819. The molecule has 0 fully saturated rings. The molecule has 104 valence electrons. The van der Waals surface area contributed by atoms with Crippen LogP contribution in [0.4, 0.5) is 5.69 Å². The van der Waals surface area contributed by atoms with Gasteiger partial charge in [-0.2, -0.15) is 0 Å². The minimum atomic E-state index is 0.182. The molecule has 0 saturated carbocycles. The molecule has 0 radical (unpaired) electrons. The number of aryl methyl sites for hydroxylation is 2. The van der Waals surface area contributed by atoms with Gasteiger partial charge in [0.05, 0.1) is 6.04 Å². The highest BCUT2D eigenvalue weighted by Gasteiger charge is 2.08. The Morgan fingerprint density at radius 3 is 2.30 bits per heavy atom. The molecule has 0 heterocycles. The SMILES string of the molecule is Cc1ccc(NC(=S)NC(C)c2ccccc2C)cc1. The Kier molecular flexibility index (Phi) is 4.74. The molecule has 2 nitrogen and oxygen atoms in total. The number of hydrogen-bond donors (Lipinski definition) is 2. The molecule has 0 aromatic heterocycles. The van der Waals surface area contributed by atoms with Crippen LogP contribution in [0.2, 0.25) is 0 Å². The van der Waals surface area contributed by atoms with Crippen LogP contribution in [-0.4, -0.2) is 5.11 Å². The Balaban J connectivity index is 1.98. The third-order valence-corrected chi connectivity index (χ3v) is 3.53. The largest absolute Gasteiger partial charge is 0.356 e. The fourth-order valence-electron chi connectivity index (χ4n) is 2.15. The van der Waals surface area contributed by atoms with Gasteiger partial charge in [0.25, 0.3) is 0 Å². The van der Waals surface area contributed by atoms with Gasteiger partial charge in [0.15, 0.2) is 5.11 Å². The summed E-state index contributed by atoms with van der Waals surface area (Å²) in [6, 6.07) is 16.7. The third kappa shape index (κ3) is 3.81. The molecule has 2 aromatic carbocycles. The van der Waals surface area contributed by atoms with Gasteiger partial charge in [-0.1, -0.05) is 42.0 Å². The lowest BCUT2D eigenvalue weighted by Crippen LogP contribution is -2.31. The summed E-state index contributed by atoms with van der Waals surface area (Å²) in [6.45, 7) is 6.30. The predicted molar refractivity (Wildman–Crippen MR) is 90.1 cm³/mol. The van der Waals surface area contributed by atoms with Crippen molar-refractivity contribution >= 4 is 23.0 Å². The number of nitrogens with one attached hydrogen (secondary N) is 2. The van der Waals surface area contributed by atoms with Crippen molar-refractivity contribution in [1.29, 1.82) is 0 Å². The maximum absolute atomic E-state index is 5.37. The molecular formula is C17H20N2S. The zero-order valence-electron chi connectivity index (χ0n) is 12.1. The Hall–Kier alpha value is -1.87. The van der Waals surface area contributed by atoms with Gasteiger partial charge in [-0.3, -0.25) is 0 Å². The fourth-order valence-corrected chi connectivity index (χ4v) is 2.45. The van der Waals surface area contributed by atoms with Crippen LogP contribution in [0.25, 0.3) is 0 Å². The summed E-state index contributed by atoms with van der Waals surface area (Å²) in [5.41, 5.74) is 4.78. The Labute approximate surface area is 126 Å². The smallest absolute Gasteiger partial charge is 0.171 e. The summed E-state index contributed by atoms with van der Waals surface area (Å²) in [5.74, 6) is 0. The van der Waals surface area contributed by atoms with E-state index in [2.05, 4.69) is 67.8 Å². The highest BCUT2D eigenvalue weighted by atomic mass is 32.1. The Bertz CT molecular complexity index is 590. The first-order valence-corrected chi connectivity index (χ1v) is 7.17. The van der Waals surface area contributed by atoms with Crippen molar-refractivity contribution in [1.82, 2.24) is 5.32 Å². The average Bonchev–Trinajstić information content (AvgIpc) is 2.41. The summed E-state index contributed by atoms with van der Waals surface area (Å²) < 4.78 is 0. The number of benzene rings is 2. The van der Waals surface area contributed by atoms with Gasteiger partial charge in [0, 0.05) is 5.69 Å². The van der Waals surface area contributed by atoms with Gasteiger partial charge in [0.2, 0.25) is 0 Å². The lowest BCUT2D eigenvalue weighted by Gasteiger charge is -2.19. The highest BCUT2D eigenvalue weighted by molar-refractivity contribution is 7.80. The second-order valence-electron chi connectivity index (χ2n) is 5.04. The van der Waals surface area contributed by atoms with Crippen molar-refractivity contribution in [2.45, 2.75) is 26.8 Å². The molecule has 2 aromatic rings. The van der Waals surface area contributed by atoms with Crippen molar-refractivity contribution in [3.8, 4) is 0 Å². The molecule has 1 atom stereocenters. The number of thiocarbonyl (C=S) groups is 1. The molecule has 0 spiro atoms. The first-order valence-electron chi connectivity index (χ1n) is 6.76. The van der Waals surface area contributed by atoms with Gasteiger partial charge in [0.1, 0.15) is 0 Å². The van der Waals surface area contributed by atoms with Crippen LogP contribution >= 0.6 is 12.2 Å². The van der Waals surface area contributed by atoms with Crippen molar-refractivity contribution in [3.63, 3.8) is 0 Å². The minimum Gasteiger partial charge on any atom is -0.356 e. The topological polar surface area (TPSA) is 24.1 Å². The summed E-state index contributed by atoms with van der Waals surface area (Å²) in [4.78, 5) is 0. The van der Waals surface area contributed by atoms with Crippen LogP contribution in [-0.2, 0) is 0 Å². The number of rotatable bonds is 3. The monoisotopic (exact) mass is 284 g/mol. The third-order valence-electron chi connectivity index (χ3n) is 3.31. The minimum absolute atomic E-state index is 0.182. The lowest BCUT2D eigenvalue weighted by molar-refractivity contribution is 0.717. The normalized spacial score (nSPS) is 11.8. The van der Waals surface area contributed by atoms with E-state index < -0.39 is 0 Å². The van der Waals surface area contributed by atoms with Gasteiger partial charge in [-0.05, 0) is 56.2 Å². The lowest BCUT2D eigenvalue weighted by atomic mass is 10.0. The van der Waals surface area contributed by atoms with Crippen molar-refractivity contribution in [3.05, 3.63) is 65.2 Å². The number of hydrogen-bond acceptors (Lipinski definition) is 1. The Morgan fingerprint density at radius 2 is 1.65 bits per heavy atom. The average molecular weight is 284 g/mol. The van der Waals surface area contributed by atoms with Crippen LogP contribution < -0.4 is 10.6 Å². The van der Waals surface area contributed by atoms with Crippen LogP contribution in [0.1, 0.15) is 29.7 Å². The van der Waals surface area contributed by atoms with Crippen LogP contribution in [0.5, 0.6) is 0 Å². The van der Waals surface area contributed by atoms with Crippen LogP contribution in [0.15, 0.2) is 48.5 Å².